The second-order valence-electron chi connectivity index (χ2n) is 4.37. The summed E-state index contributed by atoms with van der Waals surface area (Å²) < 4.78 is 12.5. The first-order chi connectivity index (χ1) is 8.19. The fourth-order valence-corrected chi connectivity index (χ4v) is 2.03. The molecule has 1 aromatic heterocycles. The second kappa shape index (κ2) is 5.62. The van der Waals surface area contributed by atoms with Crippen LogP contribution in [0.5, 0.6) is 0 Å². The molecular formula is C12H20N2O3. The van der Waals surface area contributed by atoms with Crippen molar-refractivity contribution in [3.05, 3.63) is 17.5 Å². The van der Waals surface area contributed by atoms with Crippen LogP contribution in [0, 0.1) is 0 Å². The molecule has 1 aliphatic rings. The molecule has 96 valence electrons. The molecule has 0 spiro atoms. The van der Waals surface area contributed by atoms with Gasteiger partial charge in [-0.1, -0.05) is 6.92 Å². The number of aryl methyl sites for hydroxylation is 2. The monoisotopic (exact) mass is 240 g/mol. The van der Waals surface area contributed by atoms with Crippen molar-refractivity contribution in [3.63, 3.8) is 0 Å². The SMILES string of the molecule is CCc1cc(CC(O)CC2OCCO2)n(C)n1. The van der Waals surface area contributed by atoms with Gasteiger partial charge in [0.05, 0.1) is 25.0 Å². The van der Waals surface area contributed by atoms with Crippen molar-refractivity contribution in [2.24, 2.45) is 7.05 Å². The van der Waals surface area contributed by atoms with Crippen molar-refractivity contribution >= 4 is 0 Å². The van der Waals surface area contributed by atoms with Crippen molar-refractivity contribution < 1.29 is 14.6 Å². The van der Waals surface area contributed by atoms with E-state index in [1.165, 1.54) is 0 Å². The van der Waals surface area contributed by atoms with E-state index >= 15 is 0 Å². The highest BCUT2D eigenvalue weighted by atomic mass is 16.7. The van der Waals surface area contributed by atoms with Gasteiger partial charge in [0, 0.05) is 25.6 Å². The molecule has 1 unspecified atom stereocenters. The summed E-state index contributed by atoms with van der Waals surface area (Å²) in [6, 6.07) is 2.04. The molecule has 0 saturated carbocycles. The average molecular weight is 240 g/mol. The molecule has 1 saturated heterocycles. The quantitative estimate of drug-likeness (QED) is 0.821. The molecule has 17 heavy (non-hydrogen) atoms. The third-order valence-corrected chi connectivity index (χ3v) is 2.99. The topological polar surface area (TPSA) is 56.5 Å². The van der Waals surface area contributed by atoms with E-state index in [1.807, 2.05) is 17.8 Å². The molecule has 5 heteroatoms. The molecule has 1 N–H and O–H groups in total. The zero-order chi connectivity index (χ0) is 12.3. The first-order valence-electron chi connectivity index (χ1n) is 6.12. The van der Waals surface area contributed by atoms with Crippen LogP contribution in [0.1, 0.15) is 24.7 Å². The molecule has 0 radical (unpaired) electrons. The van der Waals surface area contributed by atoms with Crippen LogP contribution in [0.4, 0.5) is 0 Å². The molecule has 2 rings (SSSR count). The van der Waals surface area contributed by atoms with Crippen LogP contribution >= 0.6 is 0 Å². The second-order valence-corrected chi connectivity index (χ2v) is 4.37. The van der Waals surface area contributed by atoms with Crippen LogP contribution in [0.2, 0.25) is 0 Å². The molecule has 2 heterocycles. The van der Waals surface area contributed by atoms with Crippen LogP contribution in [0.3, 0.4) is 0 Å². The number of aromatic nitrogens is 2. The van der Waals surface area contributed by atoms with E-state index in [0.717, 1.165) is 17.8 Å². The number of aliphatic hydroxyl groups is 1. The Bertz CT molecular complexity index is 359. The molecule has 0 bridgehead atoms. The lowest BCUT2D eigenvalue weighted by Crippen LogP contribution is -2.21. The molecule has 1 atom stereocenters. The summed E-state index contributed by atoms with van der Waals surface area (Å²) in [7, 11) is 1.91. The minimum absolute atomic E-state index is 0.246. The molecule has 0 aliphatic carbocycles. The van der Waals surface area contributed by atoms with Gasteiger partial charge in [-0.2, -0.15) is 5.10 Å². The lowest BCUT2D eigenvalue weighted by molar-refractivity contribution is -0.0700. The van der Waals surface area contributed by atoms with Gasteiger partial charge >= 0.3 is 0 Å². The third kappa shape index (κ3) is 3.28. The van der Waals surface area contributed by atoms with Crippen LogP contribution in [0.25, 0.3) is 0 Å². The largest absolute Gasteiger partial charge is 0.393 e. The zero-order valence-corrected chi connectivity index (χ0v) is 10.4. The minimum atomic E-state index is -0.446. The summed E-state index contributed by atoms with van der Waals surface area (Å²) in [6.45, 7) is 3.33. The maximum atomic E-state index is 9.97. The van der Waals surface area contributed by atoms with Gasteiger partial charge in [-0.05, 0) is 12.5 Å². The summed E-state index contributed by atoms with van der Waals surface area (Å²) in [4.78, 5) is 0. The Morgan fingerprint density at radius 3 is 2.82 bits per heavy atom. The number of ether oxygens (including phenoxy) is 2. The number of nitrogens with zero attached hydrogens (tertiary/aromatic N) is 2. The van der Waals surface area contributed by atoms with Crippen molar-refractivity contribution in [2.75, 3.05) is 13.2 Å². The smallest absolute Gasteiger partial charge is 0.160 e. The van der Waals surface area contributed by atoms with Gasteiger partial charge in [0.15, 0.2) is 6.29 Å². The van der Waals surface area contributed by atoms with Crippen LogP contribution in [-0.4, -0.2) is 40.5 Å². The van der Waals surface area contributed by atoms with Crippen molar-refractivity contribution in [1.82, 2.24) is 9.78 Å². The predicted octanol–water partition coefficient (Wildman–Crippen LogP) is 0.649. The Morgan fingerprint density at radius 1 is 1.53 bits per heavy atom. The van der Waals surface area contributed by atoms with Crippen LogP contribution in [0.15, 0.2) is 6.07 Å². The summed E-state index contributed by atoms with van der Waals surface area (Å²) >= 11 is 0. The Balaban J connectivity index is 1.87. The highest BCUT2D eigenvalue weighted by molar-refractivity contribution is 5.11. The standard InChI is InChI=1S/C12H20N2O3/c1-3-9-6-10(14(2)13-9)7-11(15)8-12-16-4-5-17-12/h6,11-12,15H,3-5,7-8H2,1-2H3. The third-order valence-electron chi connectivity index (χ3n) is 2.99. The summed E-state index contributed by atoms with van der Waals surface area (Å²) in [6.07, 6.45) is 1.33. The molecule has 1 aliphatic heterocycles. The van der Waals surface area contributed by atoms with Gasteiger partial charge < -0.3 is 14.6 Å². The first-order valence-corrected chi connectivity index (χ1v) is 6.12. The Hall–Kier alpha value is -0.910. The summed E-state index contributed by atoms with van der Waals surface area (Å²) in [5.74, 6) is 0. The summed E-state index contributed by atoms with van der Waals surface area (Å²) in [5, 5.41) is 14.3. The molecule has 1 aromatic rings. The number of rotatable bonds is 5. The fraction of sp³-hybridized carbons (Fsp3) is 0.750. The predicted molar refractivity (Wildman–Crippen MR) is 62.6 cm³/mol. The summed E-state index contributed by atoms with van der Waals surface area (Å²) in [5.41, 5.74) is 2.11. The zero-order valence-electron chi connectivity index (χ0n) is 10.4. The van der Waals surface area contributed by atoms with E-state index in [1.54, 1.807) is 0 Å². The average Bonchev–Trinajstić information content (AvgIpc) is 2.89. The van der Waals surface area contributed by atoms with E-state index in [0.29, 0.717) is 26.1 Å². The number of hydrogen-bond donors (Lipinski definition) is 1. The molecular weight excluding hydrogens is 220 g/mol. The van der Waals surface area contributed by atoms with E-state index in [9.17, 15) is 5.11 Å². The van der Waals surface area contributed by atoms with Gasteiger partial charge in [-0.3, -0.25) is 4.68 Å². The van der Waals surface area contributed by atoms with Gasteiger partial charge in [-0.15, -0.1) is 0 Å². The van der Waals surface area contributed by atoms with Crippen molar-refractivity contribution in [1.29, 1.82) is 0 Å². The Kier molecular flexibility index (Phi) is 4.15. The fourth-order valence-electron chi connectivity index (χ4n) is 2.03. The molecule has 0 amide bonds. The number of hydrogen-bond acceptors (Lipinski definition) is 4. The van der Waals surface area contributed by atoms with Gasteiger partial charge in [0.25, 0.3) is 0 Å². The lowest BCUT2D eigenvalue weighted by Gasteiger charge is -2.14. The van der Waals surface area contributed by atoms with Crippen LogP contribution in [-0.2, 0) is 29.4 Å². The molecule has 5 nitrogen and oxygen atoms in total. The van der Waals surface area contributed by atoms with E-state index in [4.69, 9.17) is 9.47 Å². The Labute approximate surface area is 101 Å². The molecule has 1 fully saturated rings. The maximum absolute atomic E-state index is 9.97. The highest BCUT2D eigenvalue weighted by Crippen LogP contribution is 2.14. The number of aliphatic hydroxyl groups excluding tert-OH is 1. The van der Waals surface area contributed by atoms with Gasteiger partial charge in [-0.25, -0.2) is 0 Å². The van der Waals surface area contributed by atoms with Crippen LogP contribution < -0.4 is 0 Å². The van der Waals surface area contributed by atoms with E-state index in [-0.39, 0.29) is 6.29 Å². The normalized spacial score (nSPS) is 18.8. The van der Waals surface area contributed by atoms with E-state index < -0.39 is 6.10 Å². The molecule has 0 aromatic carbocycles. The minimum Gasteiger partial charge on any atom is -0.393 e. The lowest BCUT2D eigenvalue weighted by atomic mass is 10.1. The van der Waals surface area contributed by atoms with E-state index in [2.05, 4.69) is 12.0 Å². The highest BCUT2D eigenvalue weighted by Gasteiger charge is 2.21. The van der Waals surface area contributed by atoms with Gasteiger partial charge in [0.2, 0.25) is 0 Å². The van der Waals surface area contributed by atoms with Gasteiger partial charge in [0.1, 0.15) is 0 Å². The van der Waals surface area contributed by atoms with Crippen molar-refractivity contribution in [3.8, 4) is 0 Å². The van der Waals surface area contributed by atoms with Crippen molar-refractivity contribution in [2.45, 2.75) is 38.6 Å². The maximum Gasteiger partial charge on any atom is 0.160 e. The Morgan fingerprint density at radius 2 is 2.24 bits per heavy atom. The first kappa shape index (κ1) is 12.5.